The molecule has 17 heavy (non-hydrogen) atoms. The van der Waals surface area contributed by atoms with Crippen molar-refractivity contribution in [3.05, 3.63) is 28.2 Å². The van der Waals surface area contributed by atoms with Crippen LogP contribution >= 0.6 is 15.9 Å². The third kappa shape index (κ3) is 3.00. The molecule has 94 valence electrons. The summed E-state index contributed by atoms with van der Waals surface area (Å²) in [6, 6.07) is 6.36. The van der Waals surface area contributed by atoms with Gasteiger partial charge in [-0.1, -0.05) is 28.9 Å². The van der Waals surface area contributed by atoms with E-state index in [4.69, 9.17) is 5.73 Å². The molecule has 0 aromatic heterocycles. The van der Waals surface area contributed by atoms with E-state index < -0.39 is 0 Å². The summed E-state index contributed by atoms with van der Waals surface area (Å²) < 4.78 is 1.13. The van der Waals surface area contributed by atoms with Crippen LogP contribution < -0.4 is 10.6 Å². The Morgan fingerprint density at radius 3 is 2.53 bits per heavy atom. The van der Waals surface area contributed by atoms with Crippen molar-refractivity contribution < 1.29 is 0 Å². The lowest BCUT2D eigenvalue weighted by molar-refractivity contribution is 0.271. The zero-order valence-electron chi connectivity index (χ0n) is 10.3. The van der Waals surface area contributed by atoms with Gasteiger partial charge >= 0.3 is 0 Å². The third-order valence-electron chi connectivity index (χ3n) is 3.43. The van der Waals surface area contributed by atoms with E-state index in [0.29, 0.717) is 6.54 Å². The zero-order chi connectivity index (χ0) is 12.3. The molecule has 0 bridgehead atoms. The predicted molar refractivity (Wildman–Crippen MR) is 76.4 cm³/mol. The van der Waals surface area contributed by atoms with Gasteiger partial charge in [-0.15, -0.1) is 0 Å². The molecule has 1 aromatic carbocycles. The summed E-state index contributed by atoms with van der Waals surface area (Å²) in [4.78, 5) is 4.93. The molecule has 1 heterocycles. The summed E-state index contributed by atoms with van der Waals surface area (Å²) in [5, 5.41) is 0. The number of halogens is 1. The average Bonchev–Trinajstić information content (AvgIpc) is 2.39. The maximum Gasteiger partial charge on any atom is 0.0423 e. The van der Waals surface area contributed by atoms with Gasteiger partial charge in [0.25, 0.3) is 0 Å². The van der Waals surface area contributed by atoms with E-state index in [0.717, 1.165) is 37.2 Å². The number of anilines is 1. The lowest BCUT2D eigenvalue weighted by atomic mass is 10.1. The Balaban J connectivity index is 2.14. The van der Waals surface area contributed by atoms with Crippen LogP contribution in [0.3, 0.4) is 0 Å². The van der Waals surface area contributed by atoms with Crippen LogP contribution in [0.5, 0.6) is 0 Å². The highest BCUT2D eigenvalue weighted by molar-refractivity contribution is 9.10. The largest absolute Gasteiger partial charge is 0.369 e. The molecule has 2 rings (SSSR count). The van der Waals surface area contributed by atoms with Crippen molar-refractivity contribution in [3.8, 4) is 0 Å². The van der Waals surface area contributed by atoms with Crippen LogP contribution in [-0.2, 0) is 6.54 Å². The number of nitrogens with two attached hydrogens (primary N) is 1. The first-order chi connectivity index (χ1) is 8.24. The van der Waals surface area contributed by atoms with E-state index in [9.17, 15) is 0 Å². The fourth-order valence-corrected chi connectivity index (χ4v) is 2.66. The number of rotatable bonds is 3. The van der Waals surface area contributed by atoms with Gasteiger partial charge < -0.3 is 15.5 Å². The van der Waals surface area contributed by atoms with Crippen LogP contribution in [0.2, 0.25) is 0 Å². The van der Waals surface area contributed by atoms with Gasteiger partial charge in [0.2, 0.25) is 0 Å². The molecular formula is C13H20BrN3. The van der Waals surface area contributed by atoms with E-state index in [1.165, 1.54) is 11.3 Å². The molecule has 0 saturated carbocycles. The highest BCUT2D eigenvalue weighted by Crippen LogP contribution is 2.25. The lowest BCUT2D eigenvalue weighted by Gasteiger charge is -2.36. The van der Waals surface area contributed by atoms with Crippen LogP contribution in [0, 0.1) is 0 Å². The Kier molecular flexibility index (Phi) is 4.42. The van der Waals surface area contributed by atoms with Crippen LogP contribution in [0.4, 0.5) is 5.69 Å². The van der Waals surface area contributed by atoms with E-state index in [1.54, 1.807) is 0 Å². The van der Waals surface area contributed by atoms with Crippen molar-refractivity contribution >= 4 is 21.6 Å². The Morgan fingerprint density at radius 1 is 1.24 bits per heavy atom. The maximum atomic E-state index is 5.81. The van der Waals surface area contributed by atoms with Crippen molar-refractivity contribution in [1.29, 1.82) is 0 Å². The van der Waals surface area contributed by atoms with Gasteiger partial charge in [-0.2, -0.15) is 0 Å². The number of hydrogen-bond acceptors (Lipinski definition) is 3. The fraction of sp³-hybridized carbons (Fsp3) is 0.538. The normalized spacial score (nSPS) is 17.5. The molecule has 1 aliphatic rings. The first kappa shape index (κ1) is 12.9. The summed E-state index contributed by atoms with van der Waals surface area (Å²) in [6.07, 6.45) is 0. The topological polar surface area (TPSA) is 32.5 Å². The van der Waals surface area contributed by atoms with Gasteiger partial charge in [-0.05, 0) is 24.2 Å². The molecule has 1 fully saturated rings. The van der Waals surface area contributed by atoms with Gasteiger partial charge in [-0.3, -0.25) is 0 Å². The van der Waals surface area contributed by atoms with Gasteiger partial charge in [0.1, 0.15) is 0 Å². The molecule has 0 spiro atoms. The van der Waals surface area contributed by atoms with E-state index in [-0.39, 0.29) is 0 Å². The summed E-state index contributed by atoms with van der Waals surface area (Å²) in [6.45, 7) is 8.46. The maximum absolute atomic E-state index is 5.81. The first-order valence-electron chi connectivity index (χ1n) is 6.20. The summed E-state index contributed by atoms with van der Waals surface area (Å²) >= 11 is 3.54. The number of benzene rings is 1. The summed E-state index contributed by atoms with van der Waals surface area (Å²) in [5.74, 6) is 0. The molecule has 1 aromatic rings. The van der Waals surface area contributed by atoms with Crippen LogP contribution in [0.15, 0.2) is 22.7 Å². The SMILES string of the molecule is CCN1CCN(c2cc(Br)ccc2CN)CC1. The van der Waals surface area contributed by atoms with Crippen molar-refractivity contribution in [2.45, 2.75) is 13.5 Å². The molecule has 3 nitrogen and oxygen atoms in total. The summed E-state index contributed by atoms with van der Waals surface area (Å²) in [7, 11) is 0. The quantitative estimate of drug-likeness (QED) is 0.927. The van der Waals surface area contributed by atoms with E-state index in [1.807, 2.05) is 0 Å². The highest BCUT2D eigenvalue weighted by Gasteiger charge is 2.17. The van der Waals surface area contributed by atoms with Gasteiger partial charge in [0.15, 0.2) is 0 Å². The molecule has 0 amide bonds. The smallest absolute Gasteiger partial charge is 0.0423 e. The molecular weight excluding hydrogens is 278 g/mol. The molecule has 1 saturated heterocycles. The second-order valence-electron chi connectivity index (χ2n) is 4.40. The van der Waals surface area contributed by atoms with Gasteiger partial charge in [0.05, 0.1) is 0 Å². The number of hydrogen-bond donors (Lipinski definition) is 1. The summed E-state index contributed by atoms with van der Waals surface area (Å²) in [5.41, 5.74) is 8.33. The van der Waals surface area contributed by atoms with Crippen LogP contribution in [0.25, 0.3) is 0 Å². The second kappa shape index (κ2) is 5.85. The molecule has 2 N–H and O–H groups in total. The predicted octanol–water partition coefficient (Wildman–Crippen LogP) is 2.05. The third-order valence-corrected chi connectivity index (χ3v) is 3.92. The standard InChI is InChI=1S/C13H20BrN3/c1-2-16-5-7-17(8-6-16)13-9-12(14)4-3-11(13)10-15/h3-4,9H,2,5-8,10,15H2,1H3. The van der Waals surface area contributed by atoms with Gasteiger partial charge in [-0.25, -0.2) is 0 Å². The number of likely N-dealkylation sites (N-methyl/N-ethyl adjacent to an activating group) is 1. The van der Waals surface area contributed by atoms with Gasteiger partial charge in [0, 0.05) is 42.9 Å². The molecule has 0 radical (unpaired) electrons. The Bertz CT molecular complexity index is 373. The van der Waals surface area contributed by atoms with Crippen molar-refractivity contribution in [2.24, 2.45) is 5.73 Å². The van der Waals surface area contributed by atoms with Crippen molar-refractivity contribution in [3.63, 3.8) is 0 Å². The molecule has 1 aliphatic heterocycles. The fourth-order valence-electron chi connectivity index (χ4n) is 2.31. The highest BCUT2D eigenvalue weighted by atomic mass is 79.9. The number of nitrogens with zero attached hydrogens (tertiary/aromatic N) is 2. The van der Waals surface area contributed by atoms with Crippen LogP contribution in [-0.4, -0.2) is 37.6 Å². The minimum atomic E-state index is 0.608. The first-order valence-corrected chi connectivity index (χ1v) is 6.99. The van der Waals surface area contributed by atoms with E-state index in [2.05, 4.69) is 50.9 Å². The minimum absolute atomic E-state index is 0.608. The zero-order valence-corrected chi connectivity index (χ0v) is 11.9. The minimum Gasteiger partial charge on any atom is -0.369 e. The molecule has 0 atom stereocenters. The molecule has 0 aliphatic carbocycles. The second-order valence-corrected chi connectivity index (χ2v) is 5.31. The molecule has 0 unspecified atom stereocenters. The monoisotopic (exact) mass is 297 g/mol. The van der Waals surface area contributed by atoms with Crippen molar-refractivity contribution in [1.82, 2.24) is 4.90 Å². The average molecular weight is 298 g/mol. The van der Waals surface area contributed by atoms with Crippen LogP contribution in [0.1, 0.15) is 12.5 Å². The Hall–Kier alpha value is -0.580. The van der Waals surface area contributed by atoms with Crippen molar-refractivity contribution in [2.75, 3.05) is 37.6 Å². The van der Waals surface area contributed by atoms with E-state index >= 15 is 0 Å². The number of piperazine rings is 1. The molecule has 4 heteroatoms. The Labute approximate surface area is 112 Å². The Morgan fingerprint density at radius 2 is 1.94 bits per heavy atom. The lowest BCUT2D eigenvalue weighted by Crippen LogP contribution is -2.46.